The van der Waals surface area contributed by atoms with E-state index < -0.39 is 23.7 Å². The maximum atomic E-state index is 13.2. The Kier molecular flexibility index (Phi) is 7.20. The minimum atomic E-state index is -0.894. The van der Waals surface area contributed by atoms with Crippen LogP contribution >= 0.6 is 0 Å². The second-order valence-electron chi connectivity index (χ2n) is 9.72. The van der Waals surface area contributed by atoms with Crippen LogP contribution in [0.25, 0.3) is 11.1 Å². The largest absolute Gasteiger partial charge is 0.458 e. The van der Waals surface area contributed by atoms with E-state index in [9.17, 15) is 14.0 Å². The lowest BCUT2D eigenvalue weighted by molar-refractivity contribution is -0.157. The zero-order chi connectivity index (χ0) is 25.0. The second kappa shape index (κ2) is 10.3. The molecule has 0 fully saturated rings. The highest BCUT2D eigenvalue weighted by molar-refractivity contribution is 5.82. The van der Waals surface area contributed by atoms with E-state index in [1.807, 2.05) is 36.4 Å². The zero-order valence-corrected chi connectivity index (χ0v) is 20.2. The quantitative estimate of drug-likeness (QED) is 0.425. The summed E-state index contributed by atoms with van der Waals surface area (Å²) in [6.45, 7) is 5.47. The summed E-state index contributed by atoms with van der Waals surface area (Å²) in [5, 5.41) is 2.68. The molecular formula is C29H30FNO4. The van der Waals surface area contributed by atoms with Gasteiger partial charge in [-0.1, -0.05) is 60.7 Å². The van der Waals surface area contributed by atoms with Gasteiger partial charge in [-0.2, -0.15) is 0 Å². The number of carbonyl (C=O) groups is 2. The van der Waals surface area contributed by atoms with Crippen molar-refractivity contribution in [3.8, 4) is 11.1 Å². The van der Waals surface area contributed by atoms with E-state index in [2.05, 4.69) is 17.4 Å². The number of esters is 1. The van der Waals surface area contributed by atoms with Crippen LogP contribution in [0.15, 0.2) is 72.8 Å². The Morgan fingerprint density at radius 1 is 0.914 bits per heavy atom. The number of benzene rings is 3. The highest BCUT2D eigenvalue weighted by Gasteiger charge is 2.31. The van der Waals surface area contributed by atoms with E-state index in [-0.39, 0.29) is 18.3 Å². The van der Waals surface area contributed by atoms with E-state index in [1.165, 1.54) is 12.1 Å². The molecular weight excluding hydrogens is 445 g/mol. The third-order valence-electron chi connectivity index (χ3n) is 5.96. The Bertz CT molecular complexity index is 1150. The van der Waals surface area contributed by atoms with Crippen molar-refractivity contribution in [2.45, 2.75) is 51.2 Å². The van der Waals surface area contributed by atoms with Crippen molar-refractivity contribution in [2.75, 3.05) is 6.61 Å². The zero-order valence-electron chi connectivity index (χ0n) is 20.2. The van der Waals surface area contributed by atoms with Crippen molar-refractivity contribution in [1.82, 2.24) is 5.32 Å². The first-order chi connectivity index (χ1) is 16.7. The van der Waals surface area contributed by atoms with E-state index in [0.29, 0.717) is 12.8 Å². The fourth-order valence-electron chi connectivity index (χ4n) is 4.37. The van der Waals surface area contributed by atoms with Gasteiger partial charge in [0.05, 0.1) is 0 Å². The Hall–Kier alpha value is -3.67. The van der Waals surface area contributed by atoms with Gasteiger partial charge >= 0.3 is 12.1 Å². The van der Waals surface area contributed by atoms with Crippen molar-refractivity contribution < 1.29 is 23.5 Å². The van der Waals surface area contributed by atoms with Gasteiger partial charge in [-0.25, -0.2) is 14.0 Å². The lowest BCUT2D eigenvalue weighted by Gasteiger charge is -2.24. The Labute approximate surface area is 205 Å². The molecule has 0 bridgehead atoms. The smallest absolute Gasteiger partial charge is 0.407 e. The van der Waals surface area contributed by atoms with E-state index >= 15 is 0 Å². The molecule has 0 saturated carbocycles. The molecule has 3 aromatic carbocycles. The van der Waals surface area contributed by atoms with Gasteiger partial charge in [-0.15, -0.1) is 0 Å². The van der Waals surface area contributed by atoms with Crippen LogP contribution in [0.4, 0.5) is 9.18 Å². The molecule has 5 nitrogen and oxygen atoms in total. The highest BCUT2D eigenvalue weighted by Crippen LogP contribution is 2.44. The molecule has 0 aliphatic heterocycles. The van der Waals surface area contributed by atoms with Crippen LogP contribution in [0.2, 0.25) is 0 Å². The fraction of sp³-hybridized carbons (Fsp3) is 0.310. The molecule has 182 valence electrons. The van der Waals surface area contributed by atoms with Gasteiger partial charge in [-0.05, 0) is 73.6 Å². The van der Waals surface area contributed by atoms with Gasteiger partial charge in [0, 0.05) is 5.92 Å². The van der Waals surface area contributed by atoms with Crippen LogP contribution in [-0.2, 0) is 20.7 Å². The molecule has 0 radical (unpaired) electrons. The average Bonchev–Trinajstić information content (AvgIpc) is 3.14. The molecule has 3 aromatic rings. The number of hydrogen-bond donors (Lipinski definition) is 1. The summed E-state index contributed by atoms with van der Waals surface area (Å²) in [4.78, 5) is 25.6. The first kappa shape index (κ1) is 24.5. The number of fused-ring (bicyclic) bond motifs is 3. The average molecular weight is 476 g/mol. The molecule has 1 aliphatic carbocycles. The molecule has 0 spiro atoms. The molecule has 1 N–H and O–H groups in total. The number of carbonyl (C=O) groups excluding carboxylic acids is 2. The molecule has 1 unspecified atom stereocenters. The molecule has 0 heterocycles. The van der Waals surface area contributed by atoms with Crippen LogP contribution in [-0.4, -0.2) is 30.3 Å². The fourth-order valence-corrected chi connectivity index (χ4v) is 4.37. The molecule has 1 atom stereocenters. The maximum absolute atomic E-state index is 13.2. The number of halogens is 1. The number of nitrogens with one attached hydrogen (secondary N) is 1. The summed E-state index contributed by atoms with van der Waals surface area (Å²) >= 11 is 0. The first-order valence-electron chi connectivity index (χ1n) is 11.8. The molecule has 1 aliphatic rings. The van der Waals surface area contributed by atoms with E-state index in [4.69, 9.17) is 9.47 Å². The van der Waals surface area contributed by atoms with E-state index in [1.54, 1.807) is 32.9 Å². The number of rotatable bonds is 7. The summed E-state index contributed by atoms with van der Waals surface area (Å²) in [6.07, 6.45) is 0.0836. The van der Waals surface area contributed by atoms with Crippen molar-refractivity contribution >= 4 is 12.1 Å². The minimum Gasteiger partial charge on any atom is -0.458 e. The van der Waals surface area contributed by atoms with Crippen molar-refractivity contribution in [3.05, 3.63) is 95.3 Å². The summed E-state index contributed by atoms with van der Waals surface area (Å²) in [5.74, 6) is -0.935. The Balaban J connectivity index is 1.42. The monoisotopic (exact) mass is 475 g/mol. The van der Waals surface area contributed by atoms with Crippen LogP contribution in [0, 0.1) is 5.82 Å². The third kappa shape index (κ3) is 6.07. The summed E-state index contributed by atoms with van der Waals surface area (Å²) in [5.41, 5.74) is 4.66. The predicted octanol–water partition coefficient (Wildman–Crippen LogP) is 6.01. The Morgan fingerprint density at radius 3 is 2.06 bits per heavy atom. The first-order valence-corrected chi connectivity index (χ1v) is 11.8. The normalized spacial score (nSPS) is 13.5. The van der Waals surface area contributed by atoms with Crippen LogP contribution < -0.4 is 5.32 Å². The van der Waals surface area contributed by atoms with Gasteiger partial charge in [0.1, 0.15) is 24.1 Å². The van der Waals surface area contributed by atoms with Crippen molar-refractivity contribution in [1.29, 1.82) is 0 Å². The minimum absolute atomic E-state index is 0.0765. The lowest BCUT2D eigenvalue weighted by atomic mass is 9.98. The van der Waals surface area contributed by atoms with Gasteiger partial charge in [0.15, 0.2) is 0 Å². The molecule has 35 heavy (non-hydrogen) atoms. The Morgan fingerprint density at radius 2 is 1.49 bits per heavy atom. The third-order valence-corrected chi connectivity index (χ3v) is 5.96. The summed E-state index contributed by atoms with van der Waals surface area (Å²) in [6, 6.07) is 21.4. The second-order valence-corrected chi connectivity index (χ2v) is 9.72. The number of ether oxygens (including phenoxy) is 2. The molecule has 0 saturated heterocycles. The molecule has 6 heteroatoms. The highest BCUT2D eigenvalue weighted by atomic mass is 19.1. The molecule has 4 rings (SSSR count). The van der Waals surface area contributed by atoms with Crippen LogP contribution in [0.5, 0.6) is 0 Å². The van der Waals surface area contributed by atoms with Gasteiger partial charge in [0.2, 0.25) is 0 Å². The van der Waals surface area contributed by atoms with Crippen LogP contribution in [0.3, 0.4) is 0 Å². The predicted molar refractivity (Wildman–Crippen MR) is 133 cm³/mol. The molecule has 0 aromatic heterocycles. The number of alkyl carbamates (subject to hydrolysis) is 1. The van der Waals surface area contributed by atoms with Crippen LogP contribution in [0.1, 0.15) is 49.8 Å². The van der Waals surface area contributed by atoms with Crippen molar-refractivity contribution in [2.24, 2.45) is 0 Å². The SMILES string of the molecule is CC(C)(C)OC(=O)C(CCc1ccc(F)cc1)NC(=O)OCC1c2ccccc2-c2ccccc21. The molecule has 1 amide bonds. The van der Waals surface area contributed by atoms with Gasteiger partial charge in [0.25, 0.3) is 0 Å². The summed E-state index contributed by atoms with van der Waals surface area (Å²) < 4.78 is 24.3. The summed E-state index contributed by atoms with van der Waals surface area (Å²) in [7, 11) is 0. The van der Waals surface area contributed by atoms with Gasteiger partial charge < -0.3 is 14.8 Å². The maximum Gasteiger partial charge on any atom is 0.407 e. The van der Waals surface area contributed by atoms with E-state index in [0.717, 1.165) is 27.8 Å². The number of hydrogen-bond acceptors (Lipinski definition) is 4. The van der Waals surface area contributed by atoms with Gasteiger partial charge in [-0.3, -0.25) is 0 Å². The number of amides is 1. The van der Waals surface area contributed by atoms with Crippen molar-refractivity contribution in [3.63, 3.8) is 0 Å². The standard InChI is InChI=1S/C29H30FNO4/c1-29(2,3)35-27(32)26(17-14-19-12-15-20(30)16-13-19)31-28(33)34-18-25-23-10-6-4-8-21(23)22-9-5-7-11-24(22)25/h4-13,15-16,25-26H,14,17-18H2,1-3H3,(H,31,33). The lowest BCUT2D eigenvalue weighted by Crippen LogP contribution is -2.45. The number of aryl methyl sites for hydroxylation is 1. The topological polar surface area (TPSA) is 64.6 Å².